The lowest BCUT2D eigenvalue weighted by Gasteiger charge is -2.13. The Balaban J connectivity index is 1.69. The maximum absolute atomic E-state index is 11.3. The molecule has 4 nitrogen and oxygen atoms in total. The van der Waals surface area contributed by atoms with Crippen LogP contribution >= 0.6 is 23.4 Å². The molecule has 0 aliphatic heterocycles. The van der Waals surface area contributed by atoms with Gasteiger partial charge in [-0.1, -0.05) is 90.6 Å². The van der Waals surface area contributed by atoms with Gasteiger partial charge in [0, 0.05) is 29.1 Å². The van der Waals surface area contributed by atoms with E-state index >= 15 is 0 Å². The molecule has 0 atom stereocenters. The van der Waals surface area contributed by atoms with Crippen LogP contribution in [0.3, 0.4) is 0 Å². The molecule has 1 amide bonds. The van der Waals surface area contributed by atoms with Crippen LogP contribution in [0.15, 0.2) is 96.2 Å². The van der Waals surface area contributed by atoms with Gasteiger partial charge >= 0.3 is 0 Å². The highest BCUT2D eigenvalue weighted by atomic mass is 35.5. The summed E-state index contributed by atoms with van der Waals surface area (Å²) in [4.78, 5) is 16.4. The van der Waals surface area contributed by atoms with Gasteiger partial charge in [0.2, 0.25) is 5.91 Å². The number of carbonyl (C=O) groups excluding carboxylic acids is 1. The second-order valence-corrected chi connectivity index (χ2v) is 8.86. The number of hydrogen-bond donors (Lipinski definition) is 1. The van der Waals surface area contributed by atoms with Gasteiger partial charge in [-0.3, -0.25) is 9.36 Å². The van der Waals surface area contributed by atoms with Crippen molar-refractivity contribution in [1.82, 2.24) is 14.9 Å². The second kappa shape index (κ2) is 11.7. The smallest absolute Gasteiger partial charge is 0.234 e. The molecule has 0 unspecified atom stereocenters. The molecule has 0 aliphatic rings. The van der Waals surface area contributed by atoms with Crippen LogP contribution in [0.5, 0.6) is 0 Å². The predicted molar refractivity (Wildman–Crippen MR) is 138 cm³/mol. The number of thioether (sulfide) groups is 1. The van der Waals surface area contributed by atoms with Crippen LogP contribution in [0.4, 0.5) is 0 Å². The van der Waals surface area contributed by atoms with E-state index in [9.17, 15) is 4.79 Å². The maximum Gasteiger partial charge on any atom is 0.234 e. The normalized spacial score (nSPS) is 10.8. The van der Waals surface area contributed by atoms with Crippen molar-refractivity contribution in [3.63, 3.8) is 0 Å². The van der Waals surface area contributed by atoms with Gasteiger partial charge in [0.05, 0.1) is 11.4 Å². The molecule has 4 rings (SSSR count). The van der Waals surface area contributed by atoms with E-state index < -0.39 is 0 Å². The number of nitrogens with zero attached hydrogens (tertiary/aromatic N) is 2. The number of aromatic nitrogens is 2. The number of rotatable bonds is 10. The van der Waals surface area contributed by atoms with Crippen LogP contribution in [-0.2, 0) is 4.79 Å². The van der Waals surface area contributed by atoms with E-state index in [4.69, 9.17) is 16.6 Å². The van der Waals surface area contributed by atoms with Crippen molar-refractivity contribution < 1.29 is 4.79 Å². The predicted octanol–water partition coefficient (Wildman–Crippen LogP) is 6.43. The summed E-state index contributed by atoms with van der Waals surface area (Å²) < 4.78 is 2.26. The van der Waals surface area contributed by atoms with Crippen molar-refractivity contribution in [2.75, 3.05) is 18.2 Å². The fourth-order valence-corrected chi connectivity index (χ4v) is 4.75. The molecular formula is C27H26ClN3OS. The van der Waals surface area contributed by atoms with E-state index in [0.29, 0.717) is 6.54 Å². The zero-order valence-corrected chi connectivity index (χ0v) is 19.9. The van der Waals surface area contributed by atoms with Crippen LogP contribution in [0, 0.1) is 0 Å². The Morgan fingerprint density at radius 1 is 0.848 bits per heavy atom. The first kappa shape index (κ1) is 23.1. The average Bonchev–Trinajstić information content (AvgIpc) is 3.27. The second-order valence-electron chi connectivity index (χ2n) is 7.53. The third kappa shape index (κ3) is 5.86. The molecule has 0 bridgehead atoms. The number of carbonyl (C=O) groups is 1. The molecular weight excluding hydrogens is 450 g/mol. The molecule has 0 radical (unpaired) electrons. The molecule has 0 spiro atoms. The molecule has 0 saturated heterocycles. The van der Waals surface area contributed by atoms with Crippen LogP contribution in [-0.4, -0.2) is 33.6 Å². The number of halogens is 1. The Morgan fingerprint density at radius 3 is 2.09 bits per heavy atom. The summed E-state index contributed by atoms with van der Waals surface area (Å²) in [5, 5.41) is 3.79. The zero-order chi connectivity index (χ0) is 22.9. The van der Waals surface area contributed by atoms with Crippen LogP contribution in [0.1, 0.15) is 12.8 Å². The highest BCUT2D eigenvalue weighted by molar-refractivity contribution is 7.99. The topological polar surface area (TPSA) is 46.9 Å². The van der Waals surface area contributed by atoms with Crippen molar-refractivity contribution in [3.05, 3.63) is 91.0 Å². The summed E-state index contributed by atoms with van der Waals surface area (Å²) in [5.74, 6) is 0.792. The van der Waals surface area contributed by atoms with E-state index in [0.717, 1.165) is 52.0 Å². The van der Waals surface area contributed by atoms with Gasteiger partial charge in [0.15, 0.2) is 5.16 Å². The minimum absolute atomic E-state index is 0.00772. The van der Waals surface area contributed by atoms with Gasteiger partial charge < -0.3 is 5.32 Å². The molecule has 1 N–H and O–H groups in total. The first-order valence-electron chi connectivity index (χ1n) is 11.0. The van der Waals surface area contributed by atoms with E-state index in [1.807, 2.05) is 30.3 Å². The molecule has 0 fully saturated rings. The first-order valence-corrected chi connectivity index (χ1v) is 12.5. The van der Waals surface area contributed by atoms with Crippen molar-refractivity contribution in [1.29, 1.82) is 0 Å². The molecule has 168 valence electrons. The maximum atomic E-state index is 11.3. The molecule has 0 aliphatic carbocycles. The van der Waals surface area contributed by atoms with Crippen molar-refractivity contribution in [2.45, 2.75) is 18.0 Å². The number of hydrogen-bond acceptors (Lipinski definition) is 3. The lowest BCUT2D eigenvalue weighted by molar-refractivity contribution is -0.118. The van der Waals surface area contributed by atoms with E-state index in [2.05, 4.69) is 70.5 Å². The Kier molecular flexibility index (Phi) is 8.23. The minimum atomic E-state index is -0.121. The number of para-hydroxylation sites is 1. The van der Waals surface area contributed by atoms with Crippen molar-refractivity contribution >= 4 is 29.3 Å². The third-order valence-electron chi connectivity index (χ3n) is 5.20. The lowest BCUT2D eigenvalue weighted by Crippen LogP contribution is -2.25. The van der Waals surface area contributed by atoms with Crippen LogP contribution in [0.25, 0.3) is 28.2 Å². The Morgan fingerprint density at radius 2 is 1.45 bits per heavy atom. The number of benzene rings is 3. The zero-order valence-electron chi connectivity index (χ0n) is 18.3. The molecule has 3 aromatic carbocycles. The van der Waals surface area contributed by atoms with Crippen molar-refractivity contribution in [2.24, 2.45) is 0 Å². The van der Waals surface area contributed by atoms with Gasteiger partial charge in [-0.05, 0) is 25.0 Å². The number of unbranched alkanes of at least 4 members (excludes halogenated alkanes) is 1. The summed E-state index contributed by atoms with van der Waals surface area (Å²) in [7, 11) is 0. The third-order valence-corrected chi connectivity index (χ3v) is 6.47. The van der Waals surface area contributed by atoms with E-state index in [1.54, 1.807) is 11.8 Å². The van der Waals surface area contributed by atoms with Crippen LogP contribution in [0.2, 0.25) is 0 Å². The summed E-state index contributed by atoms with van der Waals surface area (Å²) in [5.41, 5.74) is 5.37. The van der Waals surface area contributed by atoms with Gasteiger partial charge in [0.1, 0.15) is 5.88 Å². The summed E-state index contributed by atoms with van der Waals surface area (Å²) in [6, 6.07) is 31.2. The molecule has 1 aromatic heterocycles. The van der Waals surface area contributed by atoms with Gasteiger partial charge in [-0.2, -0.15) is 0 Å². The quantitative estimate of drug-likeness (QED) is 0.163. The first-order chi connectivity index (χ1) is 16.3. The fraction of sp³-hybridized carbons (Fsp3) is 0.185. The highest BCUT2D eigenvalue weighted by Crippen LogP contribution is 2.38. The van der Waals surface area contributed by atoms with Gasteiger partial charge in [-0.15, -0.1) is 11.6 Å². The Hall–Kier alpha value is -3.02. The van der Waals surface area contributed by atoms with E-state index in [1.165, 1.54) is 0 Å². The SMILES string of the molecule is O=C(CCl)NCCCCSc1nc(-c2ccccc2)c(-c2ccccc2)n1-c1ccccc1. The molecule has 1 heterocycles. The Bertz CT molecular complexity index is 1160. The molecule has 0 saturated carbocycles. The number of alkyl halides is 1. The average molecular weight is 476 g/mol. The summed E-state index contributed by atoms with van der Waals surface area (Å²) >= 11 is 7.28. The van der Waals surface area contributed by atoms with Crippen molar-refractivity contribution in [3.8, 4) is 28.2 Å². The highest BCUT2D eigenvalue weighted by Gasteiger charge is 2.21. The minimum Gasteiger partial charge on any atom is -0.355 e. The fourth-order valence-electron chi connectivity index (χ4n) is 3.64. The largest absolute Gasteiger partial charge is 0.355 e. The number of imidazole rings is 1. The standard InChI is InChI=1S/C27H26ClN3OS/c28-20-24(32)29-18-10-11-19-33-27-30-25(21-12-4-1-5-13-21)26(22-14-6-2-7-15-22)31(27)23-16-8-3-9-17-23/h1-9,12-17H,10-11,18-20H2,(H,29,32). The monoisotopic (exact) mass is 475 g/mol. The summed E-state index contributed by atoms with van der Waals surface area (Å²) in [6.45, 7) is 0.643. The Labute approximate surface area is 204 Å². The number of nitrogens with one attached hydrogen (secondary N) is 1. The molecule has 4 aromatic rings. The van der Waals surface area contributed by atoms with Gasteiger partial charge in [-0.25, -0.2) is 4.98 Å². The summed E-state index contributed by atoms with van der Waals surface area (Å²) in [6.07, 6.45) is 1.87. The number of amides is 1. The van der Waals surface area contributed by atoms with Gasteiger partial charge in [0.25, 0.3) is 0 Å². The lowest BCUT2D eigenvalue weighted by atomic mass is 10.0. The van der Waals surface area contributed by atoms with Crippen LogP contribution < -0.4 is 5.32 Å². The van der Waals surface area contributed by atoms with E-state index in [-0.39, 0.29) is 11.8 Å². The molecule has 6 heteroatoms. The molecule has 33 heavy (non-hydrogen) atoms.